The summed E-state index contributed by atoms with van der Waals surface area (Å²) < 4.78 is 5.89. The van der Waals surface area contributed by atoms with Crippen molar-refractivity contribution < 1.29 is 24.6 Å². The van der Waals surface area contributed by atoms with Crippen LogP contribution in [0.4, 0.5) is 10.5 Å². The number of amides is 2. The molecule has 0 aromatic heterocycles. The molecule has 0 spiro atoms. The van der Waals surface area contributed by atoms with Crippen LogP contribution >= 0.6 is 11.8 Å². The van der Waals surface area contributed by atoms with Gasteiger partial charge >= 0.3 is 6.09 Å². The summed E-state index contributed by atoms with van der Waals surface area (Å²) in [4.78, 5) is 25.5. The summed E-state index contributed by atoms with van der Waals surface area (Å²) in [5, 5.41) is 23.2. The predicted octanol–water partition coefficient (Wildman–Crippen LogP) is 5.64. The number of carbonyl (C=O) groups excluding carboxylic acids is 2. The van der Waals surface area contributed by atoms with Gasteiger partial charge in [-0.1, -0.05) is 50.3 Å². The number of hydroxylamine groups is 1. The molecule has 33 heavy (non-hydrogen) atoms. The number of aromatic hydroxyl groups is 1. The van der Waals surface area contributed by atoms with Gasteiger partial charge in [0.2, 0.25) is 0 Å². The maximum Gasteiger partial charge on any atom is 0.412 e. The third-order valence-corrected chi connectivity index (χ3v) is 5.97. The minimum atomic E-state index is -0.855. The molecule has 0 aliphatic heterocycles. The molecule has 0 radical (unpaired) electrons. The molecule has 3 aromatic rings. The first-order valence-corrected chi connectivity index (χ1v) is 11.4. The molecule has 0 aliphatic rings. The molecule has 8 heteroatoms. The molecule has 0 unspecified atom stereocenters. The van der Waals surface area contributed by atoms with E-state index in [0.717, 1.165) is 4.90 Å². The Hall–Kier alpha value is -3.49. The van der Waals surface area contributed by atoms with Crippen molar-refractivity contribution in [3.63, 3.8) is 0 Å². The molecule has 0 bridgehead atoms. The quantitative estimate of drug-likeness (QED) is 0.155. The van der Waals surface area contributed by atoms with E-state index in [4.69, 9.17) is 9.94 Å². The summed E-state index contributed by atoms with van der Waals surface area (Å²) in [5.41, 5.74) is 1.95. The standard InChI is InChI=1S/C25H26N2O5S/c1-25(2,15-14-22(29)27-31)23(20-12-13-21(28)19-7-5-4-6-18(19)20)32-24(30)26-16-8-10-17(33-3)11-9-16/h4-15,23,28,31H,1-3H3,(H,26,30)(H,27,29)/b15-14+/t23-/m1/s1. The molecule has 0 saturated heterocycles. The molecule has 3 rings (SSSR count). The van der Waals surface area contributed by atoms with Crippen LogP contribution in [0.2, 0.25) is 0 Å². The lowest BCUT2D eigenvalue weighted by molar-refractivity contribution is -0.124. The number of rotatable bonds is 7. The van der Waals surface area contributed by atoms with Crippen molar-refractivity contribution in [2.45, 2.75) is 24.8 Å². The van der Waals surface area contributed by atoms with Crippen molar-refractivity contribution >= 4 is 40.2 Å². The highest BCUT2D eigenvalue weighted by atomic mass is 32.2. The fraction of sp³-hybridized carbons (Fsp3) is 0.200. The van der Waals surface area contributed by atoms with E-state index in [2.05, 4.69) is 5.32 Å². The monoisotopic (exact) mass is 466 g/mol. The van der Waals surface area contributed by atoms with Gasteiger partial charge < -0.3 is 9.84 Å². The van der Waals surface area contributed by atoms with Gasteiger partial charge in [0.25, 0.3) is 5.91 Å². The van der Waals surface area contributed by atoms with Gasteiger partial charge in [-0.15, -0.1) is 11.8 Å². The van der Waals surface area contributed by atoms with Crippen LogP contribution in [0.15, 0.2) is 77.7 Å². The van der Waals surface area contributed by atoms with E-state index in [-0.39, 0.29) is 5.75 Å². The average Bonchev–Trinajstić information content (AvgIpc) is 2.82. The molecule has 3 aromatic carbocycles. The first-order chi connectivity index (χ1) is 15.7. The Labute approximate surface area is 196 Å². The Kier molecular flexibility index (Phi) is 7.63. The van der Waals surface area contributed by atoms with Crippen molar-refractivity contribution in [2.24, 2.45) is 5.41 Å². The number of phenolic OH excluding ortho intramolecular Hbond substituents is 1. The van der Waals surface area contributed by atoms with Crippen LogP contribution in [0.5, 0.6) is 5.75 Å². The summed E-state index contributed by atoms with van der Waals surface area (Å²) >= 11 is 1.60. The number of hydrogen-bond acceptors (Lipinski definition) is 6. The predicted molar refractivity (Wildman–Crippen MR) is 130 cm³/mol. The van der Waals surface area contributed by atoms with Crippen LogP contribution in [0.25, 0.3) is 10.8 Å². The van der Waals surface area contributed by atoms with Gasteiger partial charge in [-0.3, -0.25) is 15.3 Å². The molecule has 1 atom stereocenters. The number of benzene rings is 3. The zero-order valence-corrected chi connectivity index (χ0v) is 19.3. The number of hydrogen-bond donors (Lipinski definition) is 4. The number of anilines is 1. The highest BCUT2D eigenvalue weighted by Crippen LogP contribution is 2.42. The zero-order valence-electron chi connectivity index (χ0n) is 18.5. The fourth-order valence-electron chi connectivity index (χ4n) is 3.50. The minimum absolute atomic E-state index is 0.111. The van der Waals surface area contributed by atoms with Gasteiger partial charge in [0.15, 0.2) is 0 Å². The molecular formula is C25H26N2O5S. The second-order valence-electron chi connectivity index (χ2n) is 7.99. The Balaban J connectivity index is 1.99. The van der Waals surface area contributed by atoms with Crippen LogP contribution in [0.1, 0.15) is 25.5 Å². The molecule has 0 fully saturated rings. The molecule has 0 heterocycles. The highest BCUT2D eigenvalue weighted by Gasteiger charge is 2.34. The largest absolute Gasteiger partial charge is 0.507 e. The van der Waals surface area contributed by atoms with E-state index in [1.54, 1.807) is 67.5 Å². The third-order valence-electron chi connectivity index (χ3n) is 5.23. The van der Waals surface area contributed by atoms with E-state index < -0.39 is 23.5 Å². The van der Waals surface area contributed by atoms with E-state index in [9.17, 15) is 14.7 Å². The van der Waals surface area contributed by atoms with Crippen molar-refractivity contribution in [3.8, 4) is 5.75 Å². The number of nitrogens with one attached hydrogen (secondary N) is 2. The van der Waals surface area contributed by atoms with Gasteiger partial charge in [-0.2, -0.15) is 0 Å². The SMILES string of the molecule is CSc1ccc(NC(=O)O[C@H](c2ccc(O)c3ccccc23)C(C)(C)/C=C/C(=O)NO)cc1. The van der Waals surface area contributed by atoms with E-state index in [0.29, 0.717) is 22.0 Å². The van der Waals surface area contributed by atoms with Crippen molar-refractivity contribution in [1.29, 1.82) is 0 Å². The molecule has 172 valence electrons. The number of phenols is 1. The number of thioether (sulfide) groups is 1. The van der Waals surface area contributed by atoms with Crippen LogP contribution in [-0.4, -0.2) is 28.6 Å². The molecule has 7 nitrogen and oxygen atoms in total. The fourth-order valence-corrected chi connectivity index (χ4v) is 3.90. The summed E-state index contributed by atoms with van der Waals surface area (Å²) in [6.45, 7) is 3.61. The van der Waals surface area contributed by atoms with E-state index in [1.165, 1.54) is 6.08 Å². The van der Waals surface area contributed by atoms with Crippen molar-refractivity contribution in [3.05, 3.63) is 78.4 Å². The van der Waals surface area contributed by atoms with E-state index in [1.807, 2.05) is 36.6 Å². The number of carbonyl (C=O) groups is 2. The first-order valence-electron chi connectivity index (χ1n) is 10.2. The number of fused-ring (bicyclic) bond motifs is 1. The van der Waals surface area contributed by atoms with E-state index >= 15 is 0 Å². The lowest BCUT2D eigenvalue weighted by Crippen LogP contribution is -2.28. The third kappa shape index (κ3) is 5.85. The summed E-state index contributed by atoms with van der Waals surface area (Å²) in [5.74, 6) is -0.588. The lowest BCUT2D eigenvalue weighted by atomic mass is 9.80. The maximum atomic E-state index is 12.9. The topological polar surface area (TPSA) is 108 Å². The van der Waals surface area contributed by atoms with Crippen LogP contribution in [0, 0.1) is 5.41 Å². The summed E-state index contributed by atoms with van der Waals surface area (Å²) in [6, 6.07) is 17.9. The maximum absolute atomic E-state index is 12.9. The highest BCUT2D eigenvalue weighted by molar-refractivity contribution is 7.98. The Bertz CT molecular complexity index is 1180. The summed E-state index contributed by atoms with van der Waals surface area (Å²) in [6.07, 6.45) is 3.22. The minimum Gasteiger partial charge on any atom is -0.507 e. The van der Waals surface area contributed by atoms with Crippen LogP contribution in [0.3, 0.4) is 0 Å². The van der Waals surface area contributed by atoms with Crippen molar-refractivity contribution in [1.82, 2.24) is 5.48 Å². The smallest absolute Gasteiger partial charge is 0.412 e. The second-order valence-corrected chi connectivity index (χ2v) is 8.87. The van der Waals surface area contributed by atoms with Crippen LogP contribution in [-0.2, 0) is 9.53 Å². The van der Waals surface area contributed by atoms with Gasteiger partial charge in [0.1, 0.15) is 11.9 Å². The number of ether oxygens (including phenoxy) is 1. The molecule has 0 aliphatic carbocycles. The molecule has 0 saturated carbocycles. The Morgan fingerprint density at radius 3 is 2.33 bits per heavy atom. The second kappa shape index (κ2) is 10.4. The molecule has 2 amide bonds. The van der Waals surface area contributed by atoms with Crippen LogP contribution < -0.4 is 10.8 Å². The normalized spacial score (nSPS) is 12.5. The first kappa shape index (κ1) is 24.2. The lowest BCUT2D eigenvalue weighted by Gasteiger charge is -2.32. The average molecular weight is 467 g/mol. The molecular weight excluding hydrogens is 440 g/mol. The zero-order chi connectivity index (χ0) is 24.0. The Morgan fingerprint density at radius 2 is 1.70 bits per heavy atom. The molecule has 4 N–H and O–H groups in total. The van der Waals surface area contributed by atoms with Gasteiger partial charge in [0, 0.05) is 33.0 Å². The van der Waals surface area contributed by atoms with Gasteiger partial charge in [-0.05, 0) is 42.0 Å². The van der Waals surface area contributed by atoms with Crippen molar-refractivity contribution in [2.75, 3.05) is 11.6 Å². The Morgan fingerprint density at radius 1 is 1.03 bits per heavy atom. The van der Waals surface area contributed by atoms with Gasteiger partial charge in [0.05, 0.1) is 0 Å². The summed E-state index contributed by atoms with van der Waals surface area (Å²) in [7, 11) is 0. The van der Waals surface area contributed by atoms with Gasteiger partial charge in [-0.25, -0.2) is 10.3 Å².